The van der Waals surface area contributed by atoms with E-state index in [4.69, 9.17) is 10.5 Å². The van der Waals surface area contributed by atoms with E-state index in [-0.39, 0.29) is 33.5 Å². The summed E-state index contributed by atoms with van der Waals surface area (Å²) in [6, 6.07) is 3.99. The van der Waals surface area contributed by atoms with Crippen LogP contribution in [-0.2, 0) is 20.8 Å². The number of benzene rings is 1. The zero-order chi connectivity index (χ0) is 25.9. The summed E-state index contributed by atoms with van der Waals surface area (Å²) in [6.07, 6.45) is -2.24. The quantitative estimate of drug-likeness (QED) is 0.305. The highest BCUT2D eigenvalue weighted by Gasteiger charge is 2.35. The highest BCUT2D eigenvalue weighted by atomic mass is 32.2. The van der Waals surface area contributed by atoms with Crippen LogP contribution in [0, 0.1) is 0 Å². The number of sulfone groups is 1. The van der Waals surface area contributed by atoms with Crippen molar-refractivity contribution in [2.75, 3.05) is 61.2 Å². The molecule has 0 aliphatic carbocycles. The van der Waals surface area contributed by atoms with Crippen molar-refractivity contribution in [2.24, 2.45) is 5.73 Å². The number of ether oxygens (including phenoxy) is 1. The third kappa shape index (κ3) is 5.79. The lowest BCUT2D eigenvalue weighted by Crippen LogP contribution is -2.36. The van der Waals surface area contributed by atoms with Gasteiger partial charge in [-0.3, -0.25) is 5.10 Å². The molecule has 0 atom stereocenters. The molecule has 1 aliphatic rings. The maximum absolute atomic E-state index is 14.0. The van der Waals surface area contributed by atoms with E-state index in [0.717, 1.165) is 18.7 Å². The second-order valence-electron chi connectivity index (χ2n) is 8.29. The van der Waals surface area contributed by atoms with E-state index in [2.05, 4.69) is 30.8 Å². The number of nitrogens with two attached hydrogens (primary N) is 1. The molecule has 1 aliphatic heterocycles. The normalized spacial score (nSPS) is 14.9. The van der Waals surface area contributed by atoms with Crippen LogP contribution in [0.5, 0.6) is 0 Å². The van der Waals surface area contributed by atoms with Gasteiger partial charge in [0.1, 0.15) is 11.2 Å². The van der Waals surface area contributed by atoms with Crippen LogP contribution in [0.25, 0.3) is 11.0 Å². The molecule has 0 amide bonds. The zero-order valence-corrected chi connectivity index (χ0v) is 20.3. The maximum Gasteiger partial charge on any atom is 0.418 e. The molecule has 0 spiro atoms. The Hall–Kier alpha value is -3.17. The summed E-state index contributed by atoms with van der Waals surface area (Å²) in [4.78, 5) is 10.3. The number of hydrogen-bond donors (Lipinski definition) is 4. The van der Waals surface area contributed by atoms with Crippen LogP contribution in [0.4, 0.5) is 36.3 Å². The highest BCUT2D eigenvalue weighted by Crippen LogP contribution is 2.39. The molecule has 1 aromatic carbocycles. The van der Waals surface area contributed by atoms with Gasteiger partial charge in [0.15, 0.2) is 20.5 Å². The maximum atomic E-state index is 14.0. The van der Waals surface area contributed by atoms with Gasteiger partial charge in [0, 0.05) is 31.6 Å². The van der Waals surface area contributed by atoms with Crippen molar-refractivity contribution in [1.82, 2.24) is 20.2 Å². The molecule has 15 heteroatoms. The zero-order valence-electron chi connectivity index (χ0n) is 19.5. The summed E-state index contributed by atoms with van der Waals surface area (Å²) in [5.74, 6) is -0.0238. The minimum atomic E-state index is -4.64. The lowest BCUT2D eigenvalue weighted by Gasteiger charge is -2.29. The SMILES string of the molecule is CS(=O)(=O)c1n[nH]c2nc(Nc3ccc(N4CCOCC4)cc3C(F)(F)F)nc(NCCCCN)c12. The van der Waals surface area contributed by atoms with Crippen molar-refractivity contribution in [2.45, 2.75) is 24.0 Å². The fourth-order valence-electron chi connectivity index (χ4n) is 3.85. The van der Waals surface area contributed by atoms with Gasteiger partial charge < -0.3 is 26.0 Å². The van der Waals surface area contributed by atoms with Gasteiger partial charge in [0.05, 0.1) is 24.5 Å². The van der Waals surface area contributed by atoms with E-state index in [1.807, 2.05) is 4.90 Å². The minimum absolute atomic E-state index is 0.0627. The second kappa shape index (κ2) is 10.4. The number of nitrogens with one attached hydrogen (secondary N) is 3. The predicted octanol–water partition coefficient (Wildman–Crippen LogP) is 2.51. The number of H-pyrrole nitrogens is 1. The molecule has 1 saturated heterocycles. The van der Waals surface area contributed by atoms with Gasteiger partial charge in [0.2, 0.25) is 5.95 Å². The second-order valence-corrected chi connectivity index (χ2v) is 10.2. The topological polar surface area (TPSA) is 151 Å². The average molecular weight is 529 g/mol. The molecule has 11 nitrogen and oxygen atoms in total. The van der Waals surface area contributed by atoms with Gasteiger partial charge in [-0.25, -0.2) is 8.42 Å². The summed E-state index contributed by atoms with van der Waals surface area (Å²) >= 11 is 0. The molecule has 0 radical (unpaired) electrons. The standard InChI is InChI=1S/C21H27F3N8O3S/c1-36(33,34)19-16-17(26-7-3-2-6-25)28-20(29-18(16)30-31-19)27-15-5-4-13(12-14(15)21(22,23)24)32-8-10-35-11-9-32/h4-5,12H,2-3,6-11,25H2,1H3,(H3,26,27,28,29,30,31). The van der Waals surface area contributed by atoms with Crippen molar-refractivity contribution in [1.29, 1.82) is 0 Å². The molecule has 0 bridgehead atoms. The minimum Gasteiger partial charge on any atom is -0.378 e. The summed E-state index contributed by atoms with van der Waals surface area (Å²) in [6.45, 7) is 2.76. The molecule has 196 valence electrons. The first-order valence-corrected chi connectivity index (χ1v) is 13.2. The van der Waals surface area contributed by atoms with Crippen LogP contribution in [0.3, 0.4) is 0 Å². The molecular weight excluding hydrogens is 501 g/mol. The first kappa shape index (κ1) is 25.9. The molecule has 2 aromatic heterocycles. The molecule has 0 unspecified atom stereocenters. The number of aromatic amines is 1. The summed E-state index contributed by atoms with van der Waals surface area (Å²) in [5.41, 5.74) is 4.90. The van der Waals surface area contributed by atoms with Crippen LogP contribution in [0.1, 0.15) is 18.4 Å². The molecular formula is C21H27F3N8O3S. The van der Waals surface area contributed by atoms with E-state index in [0.29, 0.717) is 51.5 Å². The van der Waals surface area contributed by atoms with Crippen molar-refractivity contribution >= 4 is 44.0 Å². The van der Waals surface area contributed by atoms with Crippen LogP contribution >= 0.6 is 0 Å². The first-order chi connectivity index (χ1) is 17.1. The van der Waals surface area contributed by atoms with E-state index < -0.39 is 21.6 Å². The van der Waals surface area contributed by atoms with Gasteiger partial charge in [-0.15, -0.1) is 0 Å². The highest BCUT2D eigenvalue weighted by molar-refractivity contribution is 7.90. The fraction of sp³-hybridized carbons (Fsp3) is 0.476. The van der Waals surface area contributed by atoms with Gasteiger partial charge in [-0.05, 0) is 37.6 Å². The molecule has 3 aromatic rings. The van der Waals surface area contributed by atoms with Gasteiger partial charge >= 0.3 is 6.18 Å². The molecule has 3 heterocycles. The van der Waals surface area contributed by atoms with Gasteiger partial charge in [-0.1, -0.05) is 0 Å². The smallest absolute Gasteiger partial charge is 0.378 e. The van der Waals surface area contributed by atoms with Crippen LogP contribution < -0.4 is 21.3 Å². The number of nitrogens with zero attached hydrogens (tertiary/aromatic N) is 4. The largest absolute Gasteiger partial charge is 0.418 e. The number of fused-ring (bicyclic) bond motifs is 1. The summed E-state index contributed by atoms with van der Waals surface area (Å²) in [5, 5.41) is 11.9. The van der Waals surface area contributed by atoms with E-state index in [1.54, 1.807) is 6.07 Å². The monoisotopic (exact) mass is 528 g/mol. The Morgan fingerprint density at radius 2 is 1.94 bits per heavy atom. The Morgan fingerprint density at radius 3 is 2.61 bits per heavy atom. The Labute approximate surface area is 205 Å². The lowest BCUT2D eigenvalue weighted by atomic mass is 10.1. The van der Waals surface area contributed by atoms with Crippen molar-refractivity contribution < 1.29 is 26.3 Å². The van der Waals surface area contributed by atoms with Crippen LogP contribution in [-0.4, -0.2) is 74.2 Å². The average Bonchev–Trinajstić information content (AvgIpc) is 3.27. The number of hydrogen-bond acceptors (Lipinski definition) is 10. The van der Waals surface area contributed by atoms with E-state index in [9.17, 15) is 21.6 Å². The van der Waals surface area contributed by atoms with Crippen molar-refractivity contribution in [3.05, 3.63) is 23.8 Å². The number of morpholine rings is 1. The number of halogens is 3. The fourth-order valence-corrected chi connectivity index (χ4v) is 4.62. The summed E-state index contributed by atoms with van der Waals surface area (Å²) in [7, 11) is -3.72. The molecule has 5 N–H and O–H groups in total. The van der Waals surface area contributed by atoms with E-state index in [1.165, 1.54) is 6.07 Å². The summed E-state index contributed by atoms with van der Waals surface area (Å²) < 4.78 is 71.6. The van der Waals surface area contributed by atoms with Crippen LogP contribution in [0.2, 0.25) is 0 Å². The first-order valence-electron chi connectivity index (χ1n) is 11.3. The van der Waals surface area contributed by atoms with Gasteiger partial charge in [-0.2, -0.15) is 28.2 Å². The van der Waals surface area contributed by atoms with E-state index >= 15 is 0 Å². The number of anilines is 4. The molecule has 4 rings (SSSR count). The third-order valence-electron chi connectivity index (χ3n) is 5.59. The number of alkyl halides is 3. The number of unbranched alkanes of at least 4 members (excludes halogenated alkanes) is 1. The molecule has 36 heavy (non-hydrogen) atoms. The Balaban J connectivity index is 1.72. The van der Waals surface area contributed by atoms with Crippen molar-refractivity contribution in [3.8, 4) is 0 Å². The third-order valence-corrected chi connectivity index (χ3v) is 6.59. The predicted molar refractivity (Wildman–Crippen MR) is 129 cm³/mol. The number of rotatable bonds is 9. The molecule has 0 saturated carbocycles. The Bertz CT molecular complexity index is 1320. The molecule has 1 fully saturated rings. The Morgan fingerprint density at radius 1 is 1.19 bits per heavy atom. The Kier molecular flexibility index (Phi) is 7.51. The lowest BCUT2D eigenvalue weighted by molar-refractivity contribution is -0.136. The number of aromatic nitrogens is 4. The van der Waals surface area contributed by atoms with Crippen molar-refractivity contribution in [3.63, 3.8) is 0 Å². The van der Waals surface area contributed by atoms with Crippen LogP contribution in [0.15, 0.2) is 23.2 Å². The van der Waals surface area contributed by atoms with Gasteiger partial charge in [0.25, 0.3) is 0 Å².